The molecule has 0 spiro atoms. The molecular formula is C21H25N3O3S2. The number of thioether (sulfide) groups is 1. The molecule has 2 heterocycles. The Bertz CT molecular complexity index is 1020. The number of rotatable bonds is 5. The van der Waals surface area contributed by atoms with E-state index in [1.54, 1.807) is 30.0 Å². The van der Waals surface area contributed by atoms with Gasteiger partial charge in [0.05, 0.1) is 10.6 Å². The number of likely N-dealkylation sites (tertiary alicyclic amines) is 1. The van der Waals surface area contributed by atoms with Crippen molar-refractivity contribution in [3.63, 3.8) is 0 Å². The summed E-state index contributed by atoms with van der Waals surface area (Å²) in [5.41, 5.74) is 2.19. The molecule has 0 bridgehead atoms. The molecule has 0 radical (unpaired) electrons. The fraction of sp³-hybridized carbons (Fsp3) is 0.381. The van der Waals surface area contributed by atoms with Gasteiger partial charge in [0, 0.05) is 28.8 Å². The van der Waals surface area contributed by atoms with Gasteiger partial charge in [-0.05, 0) is 61.8 Å². The number of hydrogen-bond donors (Lipinski definition) is 2. The molecule has 2 aliphatic rings. The molecule has 4 rings (SSSR count). The number of sulfonamides is 1. The second-order valence-electron chi connectivity index (χ2n) is 7.65. The molecule has 154 valence electrons. The van der Waals surface area contributed by atoms with Crippen molar-refractivity contribution in [3.8, 4) is 0 Å². The van der Waals surface area contributed by atoms with Crippen molar-refractivity contribution in [1.82, 2.24) is 4.90 Å². The number of hydrogen-bond acceptors (Lipinski definition) is 5. The number of fused-ring (bicyclic) bond motifs is 1. The largest absolute Gasteiger partial charge is 0.325 e. The predicted molar refractivity (Wildman–Crippen MR) is 117 cm³/mol. The zero-order valence-electron chi connectivity index (χ0n) is 16.3. The van der Waals surface area contributed by atoms with Crippen LogP contribution in [0.1, 0.15) is 25.3 Å². The van der Waals surface area contributed by atoms with E-state index < -0.39 is 10.0 Å². The SMILES string of the molecule is CC1CSc2ccc(S(=O)(=O)Nc3cccc(CN4CCCC4)c3)cc2NC1=O. The Hall–Kier alpha value is -2.03. The number of amides is 1. The van der Waals surface area contributed by atoms with Crippen LogP contribution in [0.5, 0.6) is 0 Å². The molecule has 8 heteroatoms. The number of nitrogens with one attached hydrogen (secondary N) is 2. The molecule has 1 fully saturated rings. The smallest absolute Gasteiger partial charge is 0.261 e. The van der Waals surface area contributed by atoms with Crippen molar-refractivity contribution in [2.75, 3.05) is 28.9 Å². The van der Waals surface area contributed by atoms with E-state index in [-0.39, 0.29) is 16.7 Å². The van der Waals surface area contributed by atoms with Crippen LogP contribution in [0.15, 0.2) is 52.3 Å². The highest BCUT2D eigenvalue weighted by Crippen LogP contribution is 2.34. The standard InChI is InChI=1S/C21H25N3O3S2/c1-15-14-28-20-8-7-18(12-19(20)22-21(15)25)29(26,27)23-17-6-4-5-16(11-17)13-24-9-2-3-10-24/h4-8,11-12,15,23H,2-3,9-10,13-14H2,1H3,(H,22,25). The van der Waals surface area contributed by atoms with Gasteiger partial charge in [0.25, 0.3) is 10.0 Å². The summed E-state index contributed by atoms with van der Waals surface area (Å²) >= 11 is 1.56. The summed E-state index contributed by atoms with van der Waals surface area (Å²) in [6.45, 7) is 4.87. The van der Waals surface area contributed by atoms with Crippen LogP contribution in [0.4, 0.5) is 11.4 Å². The van der Waals surface area contributed by atoms with Crippen molar-refractivity contribution in [2.45, 2.75) is 36.1 Å². The molecule has 29 heavy (non-hydrogen) atoms. The van der Waals surface area contributed by atoms with E-state index in [9.17, 15) is 13.2 Å². The molecular weight excluding hydrogens is 406 g/mol. The minimum atomic E-state index is -3.76. The van der Waals surface area contributed by atoms with Gasteiger partial charge in [-0.3, -0.25) is 14.4 Å². The Morgan fingerprint density at radius 2 is 1.97 bits per heavy atom. The van der Waals surface area contributed by atoms with E-state index in [1.165, 1.54) is 18.9 Å². The third kappa shape index (κ3) is 4.76. The maximum atomic E-state index is 12.9. The van der Waals surface area contributed by atoms with E-state index in [4.69, 9.17) is 0 Å². The first-order valence-corrected chi connectivity index (χ1v) is 12.3. The number of carbonyl (C=O) groups excluding carboxylic acids is 1. The van der Waals surface area contributed by atoms with Gasteiger partial charge in [-0.2, -0.15) is 0 Å². The highest BCUT2D eigenvalue weighted by atomic mass is 32.2. The highest BCUT2D eigenvalue weighted by Gasteiger charge is 2.23. The summed E-state index contributed by atoms with van der Waals surface area (Å²) in [5, 5.41) is 2.84. The number of carbonyl (C=O) groups is 1. The van der Waals surface area contributed by atoms with E-state index in [2.05, 4.69) is 14.9 Å². The van der Waals surface area contributed by atoms with Crippen molar-refractivity contribution in [1.29, 1.82) is 0 Å². The van der Waals surface area contributed by atoms with Crippen LogP contribution in [-0.4, -0.2) is 38.1 Å². The lowest BCUT2D eigenvalue weighted by Crippen LogP contribution is -2.20. The van der Waals surface area contributed by atoms with Gasteiger partial charge < -0.3 is 5.32 Å². The molecule has 2 aromatic carbocycles. The quantitative estimate of drug-likeness (QED) is 0.754. The minimum absolute atomic E-state index is 0.0895. The molecule has 6 nitrogen and oxygen atoms in total. The molecule has 2 aromatic rings. The Labute approximate surface area is 176 Å². The molecule has 1 atom stereocenters. The molecule has 0 aromatic heterocycles. The predicted octanol–water partition coefficient (Wildman–Crippen LogP) is 3.76. The van der Waals surface area contributed by atoms with Crippen LogP contribution in [0.2, 0.25) is 0 Å². The summed E-state index contributed by atoms with van der Waals surface area (Å²) in [7, 11) is -3.76. The fourth-order valence-electron chi connectivity index (χ4n) is 3.59. The average Bonchev–Trinajstić information content (AvgIpc) is 3.14. The Morgan fingerprint density at radius 1 is 1.17 bits per heavy atom. The molecule has 1 saturated heterocycles. The van der Waals surface area contributed by atoms with Gasteiger partial charge in [-0.25, -0.2) is 8.42 Å². The van der Waals surface area contributed by atoms with E-state index in [1.807, 2.05) is 25.1 Å². The normalized spacial score (nSPS) is 20.0. The van der Waals surface area contributed by atoms with Crippen molar-refractivity contribution >= 4 is 39.1 Å². The van der Waals surface area contributed by atoms with E-state index >= 15 is 0 Å². The first-order chi connectivity index (χ1) is 13.9. The van der Waals surface area contributed by atoms with Crippen LogP contribution in [-0.2, 0) is 21.4 Å². The van der Waals surface area contributed by atoms with E-state index in [0.29, 0.717) is 17.1 Å². The Kier molecular flexibility index (Phi) is 5.85. The molecule has 2 aliphatic heterocycles. The van der Waals surface area contributed by atoms with Gasteiger partial charge in [0.15, 0.2) is 0 Å². The van der Waals surface area contributed by atoms with Crippen molar-refractivity contribution in [3.05, 3.63) is 48.0 Å². The first-order valence-electron chi connectivity index (χ1n) is 9.82. The van der Waals surface area contributed by atoms with Crippen LogP contribution >= 0.6 is 11.8 Å². The second-order valence-corrected chi connectivity index (χ2v) is 10.4. The van der Waals surface area contributed by atoms with Crippen LogP contribution in [0.25, 0.3) is 0 Å². The third-order valence-corrected chi connectivity index (χ3v) is 7.95. The fourth-order valence-corrected chi connectivity index (χ4v) is 5.68. The van der Waals surface area contributed by atoms with Gasteiger partial charge in [-0.1, -0.05) is 19.1 Å². The van der Waals surface area contributed by atoms with Crippen LogP contribution in [0.3, 0.4) is 0 Å². The summed E-state index contributed by atoms with van der Waals surface area (Å²) < 4.78 is 28.5. The molecule has 1 unspecified atom stereocenters. The zero-order valence-corrected chi connectivity index (χ0v) is 18.0. The Morgan fingerprint density at radius 3 is 2.76 bits per heavy atom. The number of anilines is 2. The Balaban J connectivity index is 1.53. The molecule has 0 saturated carbocycles. The summed E-state index contributed by atoms with van der Waals surface area (Å²) in [6.07, 6.45) is 2.44. The second kappa shape index (κ2) is 8.38. The lowest BCUT2D eigenvalue weighted by atomic mass is 10.2. The zero-order chi connectivity index (χ0) is 20.4. The summed E-state index contributed by atoms with van der Waals surface area (Å²) in [4.78, 5) is 15.5. The highest BCUT2D eigenvalue weighted by molar-refractivity contribution is 7.99. The van der Waals surface area contributed by atoms with Gasteiger partial charge in [0.2, 0.25) is 5.91 Å². The third-order valence-electron chi connectivity index (χ3n) is 5.24. The minimum Gasteiger partial charge on any atom is -0.325 e. The molecule has 0 aliphatic carbocycles. The first kappa shape index (κ1) is 20.3. The van der Waals surface area contributed by atoms with E-state index in [0.717, 1.165) is 30.1 Å². The lowest BCUT2D eigenvalue weighted by molar-refractivity contribution is -0.118. The van der Waals surface area contributed by atoms with Gasteiger partial charge in [0.1, 0.15) is 0 Å². The lowest BCUT2D eigenvalue weighted by Gasteiger charge is -2.16. The van der Waals surface area contributed by atoms with Crippen LogP contribution < -0.4 is 10.0 Å². The molecule has 1 amide bonds. The summed E-state index contributed by atoms with van der Waals surface area (Å²) in [6, 6.07) is 12.4. The summed E-state index contributed by atoms with van der Waals surface area (Å²) in [5.74, 6) is 0.463. The maximum Gasteiger partial charge on any atom is 0.261 e. The monoisotopic (exact) mass is 431 g/mol. The maximum absolute atomic E-state index is 12.9. The average molecular weight is 432 g/mol. The molecule has 2 N–H and O–H groups in total. The van der Waals surface area contributed by atoms with Crippen molar-refractivity contribution in [2.24, 2.45) is 5.92 Å². The van der Waals surface area contributed by atoms with Crippen molar-refractivity contribution < 1.29 is 13.2 Å². The number of nitrogens with zero attached hydrogens (tertiary/aromatic N) is 1. The van der Waals surface area contributed by atoms with Gasteiger partial charge in [-0.15, -0.1) is 11.8 Å². The van der Waals surface area contributed by atoms with Crippen LogP contribution in [0, 0.1) is 5.92 Å². The number of benzene rings is 2. The topological polar surface area (TPSA) is 78.5 Å². The van der Waals surface area contributed by atoms with Gasteiger partial charge >= 0.3 is 0 Å².